The molecule has 0 saturated carbocycles. The fourth-order valence-corrected chi connectivity index (χ4v) is 1.13. The first kappa shape index (κ1) is 14.7. The van der Waals surface area contributed by atoms with Gasteiger partial charge in [-0.2, -0.15) is 0 Å². The molecule has 15 heavy (non-hydrogen) atoms. The van der Waals surface area contributed by atoms with E-state index in [1.807, 2.05) is 6.92 Å². The molecular weight excluding hydrogens is 208 g/mol. The van der Waals surface area contributed by atoms with Crippen molar-refractivity contribution in [3.05, 3.63) is 0 Å². The van der Waals surface area contributed by atoms with Crippen LogP contribution < -0.4 is 5.32 Å². The molecule has 0 aromatic rings. The van der Waals surface area contributed by atoms with Crippen LogP contribution in [0.5, 0.6) is 0 Å². The van der Waals surface area contributed by atoms with Crippen LogP contribution in [0.1, 0.15) is 6.92 Å². The van der Waals surface area contributed by atoms with Crippen LogP contribution in [0.3, 0.4) is 0 Å². The third-order valence-electron chi connectivity index (χ3n) is 1.83. The monoisotopic (exact) mass is 227 g/mol. The number of hydrogen-bond donors (Lipinski definition) is 1. The van der Waals surface area contributed by atoms with E-state index >= 15 is 0 Å². The molecule has 0 aromatic carbocycles. The zero-order valence-electron chi connectivity index (χ0n) is 9.33. The first-order valence-electron chi connectivity index (χ1n) is 4.76. The number of methoxy groups -OCH3 is 2. The van der Waals surface area contributed by atoms with Crippen molar-refractivity contribution in [1.82, 2.24) is 5.32 Å². The van der Waals surface area contributed by atoms with Crippen LogP contribution in [0, 0.1) is 0 Å². The highest BCUT2D eigenvalue weighted by Gasteiger charge is 2.14. The zero-order chi connectivity index (χ0) is 11.7. The van der Waals surface area contributed by atoms with Crippen molar-refractivity contribution in [3.8, 4) is 0 Å². The summed E-state index contributed by atoms with van der Waals surface area (Å²) >= 11 is 0. The van der Waals surface area contributed by atoms with Crippen LogP contribution in [-0.2, 0) is 14.2 Å². The Labute approximate surface area is 88.9 Å². The lowest BCUT2D eigenvalue weighted by Crippen LogP contribution is -2.41. The highest BCUT2D eigenvalue weighted by molar-refractivity contribution is 4.63. The Bertz CT molecular complexity index is 145. The van der Waals surface area contributed by atoms with Crippen molar-refractivity contribution in [2.75, 3.05) is 34.0 Å². The van der Waals surface area contributed by atoms with E-state index in [9.17, 15) is 8.78 Å². The van der Waals surface area contributed by atoms with E-state index in [4.69, 9.17) is 14.2 Å². The van der Waals surface area contributed by atoms with Crippen molar-refractivity contribution in [2.24, 2.45) is 0 Å². The maximum absolute atomic E-state index is 11.7. The summed E-state index contributed by atoms with van der Waals surface area (Å²) < 4.78 is 38.1. The summed E-state index contributed by atoms with van der Waals surface area (Å²) in [7, 11) is 3.08. The minimum atomic E-state index is -2.41. The summed E-state index contributed by atoms with van der Waals surface area (Å²) in [6, 6.07) is -0.0184. The van der Waals surface area contributed by atoms with Gasteiger partial charge in [0.05, 0.1) is 12.6 Å². The number of halogens is 2. The normalized spacial score (nSPS) is 13.8. The Morgan fingerprint density at radius 3 is 2.27 bits per heavy atom. The van der Waals surface area contributed by atoms with Gasteiger partial charge in [-0.25, -0.2) is 8.78 Å². The lowest BCUT2D eigenvalue weighted by molar-refractivity contribution is -0.120. The second-order valence-corrected chi connectivity index (χ2v) is 3.05. The number of nitrogens with one attached hydrogen (secondary N) is 1. The topological polar surface area (TPSA) is 39.7 Å². The minimum absolute atomic E-state index is 0.0184. The van der Waals surface area contributed by atoms with E-state index < -0.39 is 13.0 Å². The molecule has 0 rings (SSSR count). The van der Waals surface area contributed by atoms with Gasteiger partial charge in [0.25, 0.3) is 6.43 Å². The standard InChI is InChI=1S/C9H19F2NO3/c1-7(9(13-2)14-3)12-4-5-15-6-8(10)11/h7-9,12H,4-6H2,1-3H3. The zero-order valence-corrected chi connectivity index (χ0v) is 9.33. The van der Waals surface area contributed by atoms with Crippen LogP contribution >= 0.6 is 0 Å². The molecule has 0 bridgehead atoms. The molecule has 6 heteroatoms. The molecule has 0 aliphatic carbocycles. The summed E-state index contributed by atoms with van der Waals surface area (Å²) in [5, 5.41) is 3.04. The molecule has 0 radical (unpaired) electrons. The van der Waals surface area contributed by atoms with Gasteiger partial charge in [-0.3, -0.25) is 0 Å². The second kappa shape index (κ2) is 8.96. The summed E-state index contributed by atoms with van der Waals surface area (Å²) in [6.07, 6.45) is -2.76. The fourth-order valence-electron chi connectivity index (χ4n) is 1.13. The van der Waals surface area contributed by atoms with Gasteiger partial charge in [0.15, 0.2) is 6.29 Å². The SMILES string of the molecule is COC(OC)C(C)NCCOCC(F)F. The molecule has 4 nitrogen and oxygen atoms in total. The lowest BCUT2D eigenvalue weighted by atomic mass is 10.3. The molecule has 92 valence electrons. The predicted octanol–water partition coefficient (Wildman–Crippen LogP) is 0.865. The molecule has 0 spiro atoms. The van der Waals surface area contributed by atoms with Crippen molar-refractivity contribution < 1.29 is 23.0 Å². The molecule has 0 amide bonds. The minimum Gasteiger partial charge on any atom is -0.374 e. The molecule has 0 heterocycles. The fraction of sp³-hybridized carbons (Fsp3) is 1.00. The van der Waals surface area contributed by atoms with Crippen LogP contribution in [0.15, 0.2) is 0 Å². The average Bonchev–Trinajstić information content (AvgIpc) is 2.18. The summed E-state index contributed by atoms with van der Waals surface area (Å²) in [5.74, 6) is 0. The van der Waals surface area contributed by atoms with Gasteiger partial charge in [-0.15, -0.1) is 0 Å². The molecule has 1 atom stereocenters. The van der Waals surface area contributed by atoms with Crippen LogP contribution in [0.2, 0.25) is 0 Å². The second-order valence-electron chi connectivity index (χ2n) is 3.05. The molecule has 0 aliphatic heterocycles. The van der Waals surface area contributed by atoms with Gasteiger partial charge < -0.3 is 19.5 Å². The summed E-state index contributed by atoms with van der Waals surface area (Å²) in [6.45, 7) is 2.09. The van der Waals surface area contributed by atoms with Gasteiger partial charge in [0, 0.05) is 20.8 Å². The Morgan fingerprint density at radius 1 is 1.20 bits per heavy atom. The first-order valence-corrected chi connectivity index (χ1v) is 4.76. The predicted molar refractivity (Wildman–Crippen MR) is 52.1 cm³/mol. The quantitative estimate of drug-likeness (QED) is 0.468. The molecule has 0 fully saturated rings. The van der Waals surface area contributed by atoms with Gasteiger partial charge in [-0.1, -0.05) is 0 Å². The largest absolute Gasteiger partial charge is 0.374 e. The van der Waals surface area contributed by atoms with Gasteiger partial charge >= 0.3 is 0 Å². The molecule has 1 N–H and O–H groups in total. The Hall–Kier alpha value is -0.300. The van der Waals surface area contributed by atoms with Gasteiger partial charge in [0.1, 0.15) is 6.61 Å². The Kier molecular flexibility index (Phi) is 8.79. The first-order chi connectivity index (χ1) is 7.11. The maximum atomic E-state index is 11.7. The van der Waals surface area contributed by atoms with Crippen molar-refractivity contribution in [2.45, 2.75) is 25.7 Å². The molecule has 0 aromatic heterocycles. The third kappa shape index (κ3) is 7.61. The van der Waals surface area contributed by atoms with Crippen molar-refractivity contribution in [3.63, 3.8) is 0 Å². The van der Waals surface area contributed by atoms with Crippen LogP contribution in [0.4, 0.5) is 8.78 Å². The summed E-state index contributed by atoms with van der Waals surface area (Å²) in [5.41, 5.74) is 0. The van der Waals surface area contributed by atoms with Gasteiger partial charge in [-0.05, 0) is 6.92 Å². The van der Waals surface area contributed by atoms with E-state index in [2.05, 4.69) is 5.32 Å². The van der Waals surface area contributed by atoms with E-state index in [1.54, 1.807) is 14.2 Å². The van der Waals surface area contributed by atoms with E-state index in [0.29, 0.717) is 6.54 Å². The van der Waals surface area contributed by atoms with E-state index in [1.165, 1.54) is 0 Å². The number of ether oxygens (including phenoxy) is 3. The Morgan fingerprint density at radius 2 is 1.80 bits per heavy atom. The van der Waals surface area contributed by atoms with Crippen molar-refractivity contribution in [1.29, 1.82) is 0 Å². The number of hydrogen-bond acceptors (Lipinski definition) is 4. The number of alkyl halides is 2. The lowest BCUT2D eigenvalue weighted by Gasteiger charge is -2.22. The average molecular weight is 227 g/mol. The maximum Gasteiger partial charge on any atom is 0.261 e. The van der Waals surface area contributed by atoms with E-state index in [-0.39, 0.29) is 18.9 Å². The third-order valence-corrected chi connectivity index (χ3v) is 1.83. The molecule has 0 aliphatic rings. The van der Waals surface area contributed by atoms with Crippen molar-refractivity contribution >= 4 is 0 Å². The summed E-state index contributed by atoms with van der Waals surface area (Å²) in [4.78, 5) is 0. The molecule has 1 unspecified atom stereocenters. The highest BCUT2D eigenvalue weighted by atomic mass is 19.3. The van der Waals surface area contributed by atoms with E-state index in [0.717, 1.165) is 0 Å². The van der Waals surface area contributed by atoms with Crippen LogP contribution in [0.25, 0.3) is 0 Å². The Balaban J connectivity index is 3.41. The molecular formula is C9H19F2NO3. The van der Waals surface area contributed by atoms with Gasteiger partial charge in [0.2, 0.25) is 0 Å². The van der Waals surface area contributed by atoms with Crippen LogP contribution in [-0.4, -0.2) is 52.7 Å². The molecule has 0 saturated heterocycles. The smallest absolute Gasteiger partial charge is 0.261 e. The number of rotatable bonds is 9. The highest BCUT2D eigenvalue weighted by Crippen LogP contribution is 1.98.